The average molecular weight is 186 g/mol. The second kappa shape index (κ2) is 4.64. The van der Waals surface area contributed by atoms with Crippen molar-refractivity contribution in [3.8, 4) is 0 Å². The molecule has 0 atom stereocenters. The minimum atomic E-state index is -0.695. The highest BCUT2D eigenvalue weighted by molar-refractivity contribution is 5.91. The fourth-order valence-electron chi connectivity index (χ4n) is 0.450. The van der Waals surface area contributed by atoms with Crippen molar-refractivity contribution >= 4 is 12.4 Å². The van der Waals surface area contributed by atoms with Gasteiger partial charge in [-0.05, 0) is 27.7 Å². The van der Waals surface area contributed by atoms with Crippen LogP contribution in [0.2, 0.25) is 0 Å². The van der Waals surface area contributed by atoms with Gasteiger partial charge in [0.15, 0.2) is 0 Å². The molecule has 0 unspecified atom stereocenters. The van der Waals surface area contributed by atoms with Crippen LogP contribution in [0, 0.1) is 0 Å². The molecule has 0 aromatic heterocycles. The van der Waals surface area contributed by atoms with E-state index in [-0.39, 0.29) is 17.6 Å². The molecule has 0 bridgehead atoms. The van der Waals surface area contributed by atoms with E-state index in [9.17, 15) is 9.59 Å². The Hall–Kier alpha value is -1.32. The molecule has 0 aliphatic carbocycles. The molecule has 0 fully saturated rings. The maximum atomic E-state index is 10.9. The zero-order valence-corrected chi connectivity index (χ0v) is 8.29. The topological polar surface area (TPSA) is 52.6 Å². The Morgan fingerprint density at radius 1 is 1.31 bits per heavy atom. The summed E-state index contributed by atoms with van der Waals surface area (Å²) in [5.41, 5.74) is -0.107. The van der Waals surface area contributed by atoms with E-state index in [4.69, 9.17) is 4.74 Å². The van der Waals surface area contributed by atoms with Crippen molar-refractivity contribution in [3.05, 3.63) is 11.8 Å². The molecular formula is C9H14O4. The van der Waals surface area contributed by atoms with Crippen LogP contribution in [0.25, 0.3) is 0 Å². The van der Waals surface area contributed by atoms with Crippen molar-refractivity contribution in [2.75, 3.05) is 0 Å². The van der Waals surface area contributed by atoms with Gasteiger partial charge in [-0.15, -0.1) is 0 Å². The number of carbonyl (C=O) groups is 2. The Bertz CT molecular complexity index is 222. The summed E-state index contributed by atoms with van der Waals surface area (Å²) in [4.78, 5) is 20.7. The quantitative estimate of drug-likeness (QED) is 0.220. The summed E-state index contributed by atoms with van der Waals surface area (Å²) in [6, 6.07) is 0. The molecule has 4 heteroatoms. The van der Waals surface area contributed by atoms with Crippen molar-refractivity contribution in [1.82, 2.24) is 0 Å². The molecule has 0 aromatic rings. The highest BCUT2D eigenvalue weighted by atomic mass is 16.6. The SMILES string of the molecule is CC(=COC(C)(C)C)C(=O)OC=O. The first kappa shape index (κ1) is 11.7. The highest BCUT2D eigenvalue weighted by Crippen LogP contribution is 2.09. The van der Waals surface area contributed by atoms with E-state index in [0.717, 1.165) is 0 Å². The standard InChI is InChI=1S/C9H14O4/c1-7(8(11)12-6-10)5-13-9(2,3)4/h5-6H,1-4H3. The Balaban J connectivity index is 4.17. The molecule has 0 rings (SSSR count). The van der Waals surface area contributed by atoms with Crippen LogP contribution in [0.1, 0.15) is 27.7 Å². The molecule has 74 valence electrons. The van der Waals surface area contributed by atoms with Crippen molar-refractivity contribution < 1.29 is 19.1 Å². The van der Waals surface area contributed by atoms with Gasteiger partial charge < -0.3 is 9.47 Å². The van der Waals surface area contributed by atoms with Gasteiger partial charge in [-0.1, -0.05) is 0 Å². The molecule has 0 amide bonds. The van der Waals surface area contributed by atoms with E-state index >= 15 is 0 Å². The highest BCUT2D eigenvalue weighted by Gasteiger charge is 2.11. The largest absolute Gasteiger partial charge is 0.495 e. The van der Waals surface area contributed by atoms with Crippen molar-refractivity contribution in [2.24, 2.45) is 0 Å². The molecule has 0 aliphatic heterocycles. The Morgan fingerprint density at radius 2 is 1.85 bits per heavy atom. The smallest absolute Gasteiger partial charge is 0.344 e. The first-order valence-corrected chi connectivity index (χ1v) is 3.86. The third-order valence-corrected chi connectivity index (χ3v) is 1.07. The third kappa shape index (κ3) is 5.90. The lowest BCUT2D eigenvalue weighted by molar-refractivity contribution is -0.148. The minimum Gasteiger partial charge on any atom is -0.495 e. The van der Waals surface area contributed by atoms with Crippen LogP contribution in [0.4, 0.5) is 0 Å². The molecule has 0 heterocycles. The molecular weight excluding hydrogens is 172 g/mol. The molecule has 0 saturated heterocycles. The monoisotopic (exact) mass is 186 g/mol. The van der Waals surface area contributed by atoms with E-state index in [1.165, 1.54) is 13.2 Å². The molecule has 4 nitrogen and oxygen atoms in total. The van der Waals surface area contributed by atoms with E-state index in [0.29, 0.717) is 0 Å². The molecule has 0 aromatic carbocycles. The van der Waals surface area contributed by atoms with Gasteiger partial charge in [0.2, 0.25) is 0 Å². The minimum absolute atomic E-state index is 0.0940. The van der Waals surface area contributed by atoms with E-state index in [2.05, 4.69) is 4.74 Å². The van der Waals surface area contributed by atoms with E-state index < -0.39 is 5.97 Å². The van der Waals surface area contributed by atoms with Gasteiger partial charge in [0.05, 0.1) is 17.4 Å². The van der Waals surface area contributed by atoms with Crippen LogP contribution in [0.5, 0.6) is 0 Å². The van der Waals surface area contributed by atoms with Crippen LogP contribution < -0.4 is 0 Å². The van der Waals surface area contributed by atoms with Crippen LogP contribution in [-0.2, 0) is 19.1 Å². The fourth-order valence-corrected chi connectivity index (χ4v) is 0.450. The molecule has 0 saturated carbocycles. The molecule has 0 aliphatic rings. The van der Waals surface area contributed by atoms with Gasteiger partial charge in [0, 0.05) is 0 Å². The maximum absolute atomic E-state index is 10.9. The first-order chi connectivity index (χ1) is 5.87. The number of hydrogen-bond acceptors (Lipinski definition) is 4. The molecule has 0 N–H and O–H groups in total. The lowest BCUT2D eigenvalue weighted by Crippen LogP contribution is -2.16. The Labute approximate surface area is 77.5 Å². The summed E-state index contributed by atoms with van der Waals surface area (Å²) >= 11 is 0. The molecule has 0 spiro atoms. The predicted octanol–water partition coefficient (Wildman–Crippen LogP) is 1.40. The van der Waals surface area contributed by atoms with Gasteiger partial charge in [-0.3, -0.25) is 4.79 Å². The number of hydrogen-bond donors (Lipinski definition) is 0. The third-order valence-electron chi connectivity index (χ3n) is 1.07. The van der Waals surface area contributed by atoms with Crippen LogP contribution in [0.15, 0.2) is 11.8 Å². The van der Waals surface area contributed by atoms with Crippen molar-refractivity contribution in [1.29, 1.82) is 0 Å². The average Bonchev–Trinajstić information content (AvgIpc) is 1.99. The summed E-state index contributed by atoms with van der Waals surface area (Å²) in [6.07, 6.45) is 1.28. The number of carbonyl (C=O) groups excluding carboxylic acids is 2. The zero-order chi connectivity index (χ0) is 10.5. The van der Waals surface area contributed by atoms with Gasteiger partial charge in [-0.2, -0.15) is 0 Å². The lowest BCUT2D eigenvalue weighted by Gasteiger charge is -2.18. The summed E-state index contributed by atoms with van der Waals surface area (Å²) in [6.45, 7) is 7.15. The van der Waals surface area contributed by atoms with Gasteiger partial charge in [-0.25, -0.2) is 4.79 Å². The van der Waals surface area contributed by atoms with Gasteiger partial charge in [0.25, 0.3) is 0 Å². The Kier molecular flexibility index (Phi) is 4.17. The zero-order valence-electron chi connectivity index (χ0n) is 8.29. The Morgan fingerprint density at radius 3 is 2.23 bits per heavy atom. The number of esters is 1. The van der Waals surface area contributed by atoms with E-state index in [1.807, 2.05) is 20.8 Å². The van der Waals surface area contributed by atoms with Crippen LogP contribution >= 0.6 is 0 Å². The second-order valence-electron chi connectivity index (χ2n) is 3.53. The normalized spacial score (nSPS) is 12.2. The van der Waals surface area contributed by atoms with Gasteiger partial charge >= 0.3 is 12.4 Å². The van der Waals surface area contributed by atoms with Gasteiger partial charge in [0.1, 0.15) is 0 Å². The predicted molar refractivity (Wildman–Crippen MR) is 46.8 cm³/mol. The first-order valence-electron chi connectivity index (χ1n) is 3.86. The lowest BCUT2D eigenvalue weighted by atomic mass is 10.2. The summed E-state index contributed by atoms with van der Waals surface area (Å²) in [5, 5.41) is 0. The maximum Gasteiger partial charge on any atom is 0.344 e. The van der Waals surface area contributed by atoms with Crippen LogP contribution in [-0.4, -0.2) is 18.0 Å². The number of ether oxygens (including phenoxy) is 2. The molecule has 0 radical (unpaired) electrons. The van der Waals surface area contributed by atoms with Crippen LogP contribution in [0.3, 0.4) is 0 Å². The molecule has 13 heavy (non-hydrogen) atoms. The fraction of sp³-hybridized carbons (Fsp3) is 0.556. The van der Waals surface area contributed by atoms with Crippen molar-refractivity contribution in [2.45, 2.75) is 33.3 Å². The van der Waals surface area contributed by atoms with E-state index in [1.54, 1.807) is 0 Å². The summed E-state index contributed by atoms with van der Waals surface area (Å²) in [7, 11) is 0. The summed E-state index contributed by atoms with van der Waals surface area (Å²) in [5.74, 6) is -0.695. The van der Waals surface area contributed by atoms with Crippen molar-refractivity contribution in [3.63, 3.8) is 0 Å². The number of rotatable bonds is 3. The second-order valence-corrected chi connectivity index (χ2v) is 3.53. The summed E-state index contributed by atoms with van der Waals surface area (Å²) < 4.78 is 9.28.